The van der Waals surface area contributed by atoms with Crippen molar-refractivity contribution in [2.24, 2.45) is 11.3 Å². The van der Waals surface area contributed by atoms with Gasteiger partial charge in [-0.1, -0.05) is 26.8 Å². The zero-order chi connectivity index (χ0) is 22.8. The summed E-state index contributed by atoms with van der Waals surface area (Å²) in [4.78, 5) is 51.1. The van der Waals surface area contributed by atoms with Gasteiger partial charge in [-0.05, 0) is 62.1 Å². The topological polar surface area (TPSA) is 108 Å². The Bertz CT molecular complexity index is 882. The van der Waals surface area contributed by atoms with Crippen LogP contribution in [-0.4, -0.2) is 47.3 Å². The summed E-state index contributed by atoms with van der Waals surface area (Å²) in [6.07, 6.45) is 2.91. The standard InChI is InChI=1S/C23H32N4O4/c1-5-24-19(29)15-7-6-8-17(13-15)25-18(28)14-27-20(30)23(26-21(27)31)11-9-16(10-12-23)22(2,3)4/h6-8,13,16H,5,9-12,14H2,1-4H3,(H,24,29)(H,25,28)(H,26,31). The molecule has 0 unspecified atom stereocenters. The van der Waals surface area contributed by atoms with Crippen LogP contribution < -0.4 is 16.0 Å². The van der Waals surface area contributed by atoms with E-state index in [4.69, 9.17) is 0 Å². The van der Waals surface area contributed by atoms with Gasteiger partial charge in [0.2, 0.25) is 5.91 Å². The van der Waals surface area contributed by atoms with E-state index in [1.54, 1.807) is 24.3 Å². The molecule has 0 aromatic heterocycles. The number of nitrogens with zero attached hydrogens (tertiary/aromatic N) is 1. The third kappa shape index (κ3) is 4.89. The predicted octanol–water partition coefficient (Wildman–Crippen LogP) is 2.90. The fourth-order valence-electron chi connectivity index (χ4n) is 4.48. The van der Waals surface area contributed by atoms with Crippen molar-refractivity contribution in [3.63, 3.8) is 0 Å². The second kappa shape index (κ2) is 8.69. The molecule has 168 valence electrons. The summed E-state index contributed by atoms with van der Waals surface area (Å²) in [6.45, 7) is 8.55. The fourth-order valence-corrected chi connectivity index (χ4v) is 4.48. The molecule has 0 radical (unpaired) electrons. The Morgan fingerprint density at radius 3 is 2.48 bits per heavy atom. The molecule has 1 aromatic carbocycles. The maximum atomic E-state index is 13.1. The molecule has 1 aliphatic carbocycles. The van der Waals surface area contributed by atoms with Crippen molar-refractivity contribution in [2.45, 2.75) is 58.9 Å². The van der Waals surface area contributed by atoms with Crippen molar-refractivity contribution < 1.29 is 19.2 Å². The number of carbonyl (C=O) groups excluding carboxylic acids is 4. The maximum Gasteiger partial charge on any atom is 0.325 e. The lowest BCUT2D eigenvalue weighted by Crippen LogP contribution is -2.50. The van der Waals surface area contributed by atoms with E-state index in [2.05, 4.69) is 36.7 Å². The van der Waals surface area contributed by atoms with Crippen LogP contribution in [0.2, 0.25) is 0 Å². The van der Waals surface area contributed by atoms with E-state index in [0.29, 0.717) is 36.6 Å². The number of benzene rings is 1. The Morgan fingerprint density at radius 1 is 1.19 bits per heavy atom. The molecule has 1 heterocycles. The van der Waals surface area contributed by atoms with E-state index in [1.165, 1.54) is 0 Å². The van der Waals surface area contributed by atoms with Gasteiger partial charge in [0.05, 0.1) is 0 Å². The van der Waals surface area contributed by atoms with E-state index in [-0.39, 0.29) is 23.8 Å². The number of carbonyl (C=O) groups is 4. The summed E-state index contributed by atoms with van der Waals surface area (Å²) in [6, 6.07) is 6.00. The summed E-state index contributed by atoms with van der Waals surface area (Å²) in [5.41, 5.74) is 0.123. The van der Waals surface area contributed by atoms with Crippen LogP contribution in [0.4, 0.5) is 10.5 Å². The van der Waals surface area contributed by atoms with Gasteiger partial charge in [0.25, 0.3) is 11.8 Å². The number of imide groups is 1. The highest BCUT2D eigenvalue weighted by atomic mass is 16.2. The van der Waals surface area contributed by atoms with E-state index in [1.807, 2.05) is 6.92 Å². The highest BCUT2D eigenvalue weighted by molar-refractivity contribution is 6.10. The molecule has 1 saturated heterocycles. The Kier molecular flexibility index (Phi) is 6.38. The molecule has 3 rings (SSSR count). The number of hydrogen-bond donors (Lipinski definition) is 3. The normalized spacial score (nSPS) is 23.6. The molecule has 2 fully saturated rings. The third-order valence-electron chi connectivity index (χ3n) is 6.36. The fraction of sp³-hybridized carbons (Fsp3) is 0.565. The van der Waals surface area contributed by atoms with Crippen LogP contribution in [0.1, 0.15) is 63.7 Å². The first-order chi connectivity index (χ1) is 14.6. The first-order valence-corrected chi connectivity index (χ1v) is 10.9. The average Bonchev–Trinajstić information content (AvgIpc) is 2.92. The molecule has 2 aliphatic rings. The lowest BCUT2D eigenvalue weighted by molar-refractivity contribution is -0.135. The smallest absolute Gasteiger partial charge is 0.325 e. The molecule has 0 bridgehead atoms. The molecule has 31 heavy (non-hydrogen) atoms. The minimum atomic E-state index is -0.892. The average molecular weight is 429 g/mol. The summed E-state index contributed by atoms with van der Waals surface area (Å²) in [5, 5.41) is 8.23. The minimum absolute atomic E-state index is 0.162. The Morgan fingerprint density at radius 2 is 1.87 bits per heavy atom. The molecule has 1 aromatic rings. The van der Waals surface area contributed by atoms with Crippen LogP contribution >= 0.6 is 0 Å². The van der Waals surface area contributed by atoms with Crippen molar-refractivity contribution in [3.8, 4) is 0 Å². The molecule has 1 spiro atoms. The summed E-state index contributed by atoms with van der Waals surface area (Å²) in [5.74, 6) is -0.550. The van der Waals surface area contributed by atoms with Gasteiger partial charge in [-0.2, -0.15) is 0 Å². The molecule has 0 atom stereocenters. The Labute approximate surface area is 183 Å². The van der Waals surface area contributed by atoms with E-state index >= 15 is 0 Å². The molecular weight excluding hydrogens is 396 g/mol. The third-order valence-corrected chi connectivity index (χ3v) is 6.36. The molecule has 3 N–H and O–H groups in total. The highest BCUT2D eigenvalue weighted by Gasteiger charge is 2.53. The van der Waals surface area contributed by atoms with Gasteiger partial charge in [-0.15, -0.1) is 0 Å². The number of rotatable bonds is 5. The van der Waals surface area contributed by atoms with Crippen LogP contribution in [0.3, 0.4) is 0 Å². The first-order valence-electron chi connectivity index (χ1n) is 10.9. The molecule has 8 nitrogen and oxygen atoms in total. The lowest BCUT2D eigenvalue weighted by Gasteiger charge is -2.40. The Hall–Kier alpha value is -2.90. The van der Waals surface area contributed by atoms with Gasteiger partial charge >= 0.3 is 6.03 Å². The number of nitrogens with one attached hydrogen (secondary N) is 3. The van der Waals surface area contributed by atoms with Crippen LogP contribution in [0.25, 0.3) is 0 Å². The zero-order valence-electron chi connectivity index (χ0n) is 18.7. The van der Waals surface area contributed by atoms with Crippen molar-refractivity contribution in [1.29, 1.82) is 0 Å². The second-order valence-corrected chi connectivity index (χ2v) is 9.53. The molecule has 8 heteroatoms. The van der Waals surface area contributed by atoms with Crippen LogP contribution in [-0.2, 0) is 9.59 Å². The summed E-state index contributed by atoms with van der Waals surface area (Å²) in [7, 11) is 0. The van der Waals surface area contributed by atoms with Crippen molar-refractivity contribution in [2.75, 3.05) is 18.4 Å². The number of urea groups is 1. The van der Waals surface area contributed by atoms with Gasteiger partial charge < -0.3 is 16.0 Å². The van der Waals surface area contributed by atoms with Gasteiger partial charge in [-0.3, -0.25) is 19.3 Å². The lowest BCUT2D eigenvalue weighted by atomic mass is 9.67. The quantitative estimate of drug-likeness (QED) is 0.627. The van der Waals surface area contributed by atoms with Crippen LogP contribution in [0.15, 0.2) is 24.3 Å². The van der Waals surface area contributed by atoms with Crippen LogP contribution in [0, 0.1) is 11.3 Å². The van der Waals surface area contributed by atoms with Crippen molar-refractivity contribution in [1.82, 2.24) is 15.5 Å². The van der Waals surface area contributed by atoms with E-state index in [9.17, 15) is 19.2 Å². The summed E-state index contributed by atoms with van der Waals surface area (Å²) >= 11 is 0. The maximum absolute atomic E-state index is 13.1. The largest absolute Gasteiger partial charge is 0.352 e. The van der Waals surface area contributed by atoms with E-state index in [0.717, 1.165) is 17.7 Å². The number of amides is 5. The first kappa shape index (κ1) is 22.8. The molecule has 5 amide bonds. The molecule has 1 aliphatic heterocycles. The van der Waals surface area contributed by atoms with E-state index < -0.39 is 17.5 Å². The van der Waals surface area contributed by atoms with Gasteiger partial charge in [-0.25, -0.2) is 4.79 Å². The Balaban J connectivity index is 1.62. The second-order valence-electron chi connectivity index (χ2n) is 9.53. The highest BCUT2D eigenvalue weighted by Crippen LogP contribution is 2.43. The number of anilines is 1. The van der Waals surface area contributed by atoms with Crippen molar-refractivity contribution in [3.05, 3.63) is 29.8 Å². The number of hydrogen-bond acceptors (Lipinski definition) is 4. The molecular formula is C23H32N4O4. The monoisotopic (exact) mass is 428 g/mol. The van der Waals surface area contributed by atoms with Gasteiger partial charge in [0.15, 0.2) is 0 Å². The minimum Gasteiger partial charge on any atom is -0.352 e. The predicted molar refractivity (Wildman–Crippen MR) is 117 cm³/mol. The van der Waals surface area contributed by atoms with Gasteiger partial charge in [0, 0.05) is 17.8 Å². The van der Waals surface area contributed by atoms with Crippen molar-refractivity contribution >= 4 is 29.4 Å². The SMILES string of the molecule is CCNC(=O)c1cccc(NC(=O)CN2C(=O)NC3(CCC(C(C)(C)C)CC3)C2=O)c1. The molecule has 1 saturated carbocycles. The van der Waals surface area contributed by atoms with Crippen LogP contribution in [0.5, 0.6) is 0 Å². The summed E-state index contributed by atoms with van der Waals surface area (Å²) < 4.78 is 0. The van der Waals surface area contributed by atoms with Gasteiger partial charge in [0.1, 0.15) is 12.1 Å². The zero-order valence-corrected chi connectivity index (χ0v) is 18.7.